The molecule has 5 rings (SSSR count). The minimum absolute atomic E-state index is 0.233. The highest BCUT2D eigenvalue weighted by molar-refractivity contribution is 7.19. The van der Waals surface area contributed by atoms with Crippen LogP contribution in [-0.2, 0) is 6.42 Å². The predicted molar refractivity (Wildman–Crippen MR) is 130 cm³/mol. The van der Waals surface area contributed by atoms with E-state index < -0.39 is 0 Å². The number of pyridine rings is 1. The first-order valence-electron chi connectivity index (χ1n) is 10.5. The summed E-state index contributed by atoms with van der Waals surface area (Å²) in [6.07, 6.45) is 3.03. The van der Waals surface area contributed by atoms with Gasteiger partial charge in [0.15, 0.2) is 0 Å². The largest absolute Gasteiger partial charge is 0.455 e. The van der Waals surface area contributed by atoms with E-state index in [0.29, 0.717) is 0 Å². The summed E-state index contributed by atoms with van der Waals surface area (Å²) in [4.78, 5) is 6.15. The van der Waals surface area contributed by atoms with Crippen LogP contribution in [0.1, 0.15) is 42.3 Å². The molecule has 3 aromatic heterocycles. The number of para-hydroxylation sites is 1. The van der Waals surface area contributed by atoms with Gasteiger partial charge in [-0.2, -0.15) is 0 Å². The molecule has 0 spiro atoms. The van der Waals surface area contributed by atoms with Gasteiger partial charge in [0.2, 0.25) is 0 Å². The minimum atomic E-state index is 0.233. The Morgan fingerprint density at radius 1 is 0.967 bits per heavy atom. The fraction of sp³-hybridized carbons (Fsp3) is 0.296. The van der Waals surface area contributed by atoms with Gasteiger partial charge in [-0.15, -0.1) is 11.3 Å². The van der Waals surface area contributed by atoms with Crippen LogP contribution >= 0.6 is 11.3 Å². The molecular formula is C27H27NOS. The number of nitrogens with zero attached hydrogens (tertiary/aromatic N) is 1. The Labute approximate surface area is 181 Å². The Morgan fingerprint density at radius 3 is 2.53 bits per heavy atom. The second-order valence-corrected chi connectivity index (χ2v) is 10.9. The molecule has 0 saturated heterocycles. The summed E-state index contributed by atoms with van der Waals surface area (Å²) in [6, 6.07) is 13.2. The second-order valence-electron chi connectivity index (χ2n) is 9.65. The highest BCUT2D eigenvalue weighted by Gasteiger charge is 2.18. The number of furan rings is 1. The van der Waals surface area contributed by atoms with Crippen molar-refractivity contribution in [1.82, 2.24) is 4.98 Å². The first kappa shape index (κ1) is 19.3. The Bertz CT molecular complexity index is 1430. The summed E-state index contributed by atoms with van der Waals surface area (Å²) in [7, 11) is 0. The maximum atomic E-state index is 6.43. The van der Waals surface area contributed by atoms with Crippen LogP contribution in [-0.4, -0.2) is 4.98 Å². The normalized spacial score (nSPS) is 12.5. The Kier molecular flexibility index (Phi) is 4.30. The van der Waals surface area contributed by atoms with Crippen LogP contribution in [0, 0.1) is 26.2 Å². The molecule has 30 heavy (non-hydrogen) atoms. The third-order valence-corrected chi connectivity index (χ3v) is 7.18. The number of hydrogen-bond donors (Lipinski definition) is 0. The van der Waals surface area contributed by atoms with Crippen LogP contribution in [0.2, 0.25) is 0 Å². The van der Waals surface area contributed by atoms with Crippen molar-refractivity contribution in [3.63, 3.8) is 0 Å². The molecule has 0 radical (unpaired) electrons. The van der Waals surface area contributed by atoms with Crippen molar-refractivity contribution in [3.05, 3.63) is 64.2 Å². The van der Waals surface area contributed by atoms with Gasteiger partial charge in [-0.1, -0.05) is 32.9 Å². The van der Waals surface area contributed by atoms with Gasteiger partial charge in [0.1, 0.15) is 11.2 Å². The third kappa shape index (κ3) is 3.13. The van der Waals surface area contributed by atoms with E-state index >= 15 is 0 Å². The van der Waals surface area contributed by atoms with Crippen molar-refractivity contribution in [2.75, 3.05) is 0 Å². The van der Waals surface area contributed by atoms with Gasteiger partial charge < -0.3 is 4.42 Å². The third-order valence-electron chi connectivity index (χ3n) is 6.01. The minimum Gasteiger partial charge on any atom is -0.455 e. The maximum absolute atomic E-state index is 6.43. The zero-order valence-electron chi connectivity index (χ0n) is 18.5. The molecule has 2 aromatic carbocycles. The second kappa shape index (κ2) is 6.68. The summed E-state index contributed by atoms with van der Waals surface area (Å²) in [6.45, 7) is 13.4. The van der Waals surface area contributed by atoms with Crippen LogP contribution in [0.5, 0.6) is 0 Å². The summed E-state index contributed by atoms with van der Waals surface area (Å²) in [5.74, 6) is 0. The Hall–Kier alpha value is -2.65. The van der Waals surface area contributed by atoms with Crippen LogP contribution < -0.4 is 0 Å². The molecule has 0 aliphatic carbocycles. The smallest absolute Gasteiger partial charge is 0.144 e. The predicted octanol–water partition coefficient (Wildman–Crippen LogP) is 8.38. The topological polar surface area (TPSA) is 26.0 Å². The molecule has 2 nitrogen and oxygen atoms in total. The van der Waals surface area contributed by atoms with Gasteiger partial charge >= 0.3 is 0 Å². The molecule has 0 fully saturated rings. The number of rotatable bonds is 2. The van der Waals surface area contributed by atoms with Crippen molar-refractivity contribution in [3.8, 4) is 11.3 Å². The van der Waals surface area contributed by atoms with E-state index in [-0.39, 0.29) is 5.41 Å². The fourth-order valence-electron chi connectivity index (χ4n) is 4.31. The van der Waals surface area contributed by atoms with E-state index in [1.807, 2.05) is 17.5 Å². The van der Waals surface area contributed by atoms with E-state index in [4.69, 9.17) is 9.40 Å². The van der Waals surface area contributed by atoms with Gasteiger partial charge in [-0.3, -0.25) is 4.98 Å². The first-order valence-corrected chi connectivity index (χ1v) is 11.3. The molecule has 0 N–H and O–H groups in total. The summed E-state index contributed by atoms with van der Waals surface area (Å²) in [5.41, 5.74) is 8.13. The van der Waals surface area contributed by atoms with Crippen molar-refractivity contribution in [1.29, 1.82) is 0 Å². The summed E-state index contributed by atoms with van der Waals surface area (Å²) < 4.78 is 7.72. The number of thiophene rings is 1. The number of fused-ring (bicyclic) bond motifs is 4. The molecule has 5 aromatic rings. The lowest BCUT2D eigenvalue weighted by Gasteiger charge is -2.20. The molecule has 0 atom stereocenters. The molecular weight excluding hydrogens is 386 g/mol. The summed E-state index contributed by atoms with van der Waals surface area (Å²) in [5, 5.41) is 3.67. The molecule has 3 heterocycles. The highest BCUT2D eigenvalue weighted by Crippen LogP contribution is 2.40. The van der Waals surface area contributed by atoms with Crippen molar-refractivity contribution >= 4 is 43.4 Å². The number of benzene rings is 2. The summed E-state index contributed by atoms with van der Waals surface area (Å²) >= 11 is 1.84. The van der Waals surface area contributed by atoms with E-state index in [1.54, 1.807) is 0 Å². The standard InChI is InChI=1S/C27H27NOS/c1-15-14-28-23(10-18(15)13-27(4,5)6)20-9-7-8-19-22-11-21-16(2)17(3)30-25(21)12-24(22)29-26(19)20/h7-12,14H,13H2,1-6H3. The number of aryl methyl sites for hydroxylation is 3. The van der Waals surface area contributed by atoms with Crippen LogP contribution in [0.4, 0.5) is 0 Å². The quantitative estimate of drug-likeness (QED) is 0.290. The SMILES string of the molecule is Cc1cnc(-c2cccc3c2oc2cc4sc(C)c(C)c4cc23)cc1CC(C)(C)C. The lowest BCUT2D eigenvalue weighted by Crippen LogP contribution is -2.10. The molecule has 0 saturated carbocycles. The maximum Gasteiger partial charge on any atom is 0.144 e. The van der Waals surface area contributed by atoms with Gasteiger partial charge in [0.25, 0.3) is 0 Å². The number of hydrogen-bond acceptors (Lipinski definition) is 3. The zero-order valence-corrected chi connectivity index (χ0v) is 19.3. The van der Waals surface area contributed by atoms with Gasteiger partial charge in [-0.05, 0) is 78.9 Å². The Balaban J connectivity index is 1.73. The molecule has 152 valence electrons. The van der Waals surface area contributed by atoms with E-state index in [2.05, 4.69) is 77.9 Å². The van der Waals surface area contributed by atoms with E-state index in [9.17, 15) is 0 Å². The first-order chi connectivity index (χ1) is 14.2. The highest BCUT2D eigenvalue weighted by atomic mass is 32.1. The lowest BCUT2D eigenvalue weighted by molar-refractivity contribution is 0.410. The van der Waals surface area contributed by atoms with Crippen molar-refractivity contribution in [2.45, 2.75) is 48.0 Å². The molecule has 0 bridgehead atoms. The average Bonchev–Trinajstić information content (AvgIpc) is 3.17. The average molecular weight is 414 g/mol. The molecule has 0 amide bonds. The molecule has 0 aliphatic rings. The molecule has 0 aliphatic heterocycles. The molecule has 0 unspecified atom stereocenters. The molecule has 3 heteroatoms. The van der Waals surface area contributed by atoms with Crippen LogP contribution in [0.15, 0.2) is 47.0 Å². The van der Waals surface area contributed by atoms with Gasteiger partial charge in [-0.25, -0.2) is 0 Å². The van der Waals surface area contributed by atoms with Crippen LogP contribution in [0.3, 0.4) is 0 Å². The zero-order chi connectivity index (χ0) is 21.2. The van der Waals surface area contributed by atoms with E-state index in [0.717, 1.165) is 34.2 Å². The van der Waals surface area contributed by atoms with Crippen molar-refractivity contribution in [2.24, 2.45) is 5.41 Å². The number of aromatic nitrogens is 1. The van der Waals surface area contributed by atoms with E-state index in [1.165, 1.54) is 37.0 Å². The van der Waals surface area contributed by atoms with Crippen molar-refractivity contribution < 1.29 is 4.42 Å². The van der Waals surface area contributed by atoms with Crippen LogP contribution in [0.25, 0.3) is 43.3 Å². The lowest BCUT2D eigenvalue weighted by atomic mass is 9.86. The Morgan fingerprint density at radius 2 is 1.77 bits per heavy atom. The monoisotopic (exact) mass is 413 g/mol. The van der Waals surface area contributed by atoms with Gasteiger partial charge in [0, 0.05) is 32.1 Å². The van der Waals surface area contributed by atoms with Gasteiger partial charge in [0.05, 0.1) is 5.69 Å². The fourth-order valence-corrected chi connectivity index (χ4v) is 5.39.